The molecule has 2 aliphatic heterocycles. The fourth-order valence-electron chi connectivity index (χ4n) is 4.70. The van der Waals surface area contributed by atoms with Crippen molar-refractivity contribution in [1.82, 2.24) is 4.31 Å². The number of aliphatic imine (C=N–C) groups is 1. The Labute approximate surface area is 225 Å². The Kier molecular flexibility index (Phi) is 6.99. The maximum Gasteiger partial charge on any atom is 0.416 e. The Morgan fingerprint density at radius 3 is 1.95 bits per heavy atom. The van der Waals surface area contributed by atoms with Crippen LogP contribution in [0, 0.1) is 0 Å². The Bertz CT molecular complexity index is 1560. The average Bonchev–Trinajstić information content (AvgIpc) is 3.57. The van der Waals surface area contributed by atoms with E-state index in [4.69, 9.17) is 0 Å². The van der Waals surface area contributed by atoms with Gasteiger partial charge >= 0.3 is 12.4 Å². The first-order valence-corrected chi connectivity index (χ1v) is 13.6. The monoisotopic (exact) mass is 581 g/mol. The number of anilines is 1. The summed E-state index contributed by atoms with van der Waals surface area (Å²) in [5.74, 6) is -0.966. The van der Waals surface area contributed by atoms with Crippen LogP contribution in [-0.4, -0.2) is 37.6 Å². The summed E-state index contributed by atoms with van der Waals surface area (Å²) < 4.78 is 108. The van der Waals surface area contributed by atoms with E-state index < -0.39 is 45.1 Å². The number of amidine groups is 1. The molecule has 13 heteroatoms. The van der Waals surface area contributed by atoms with Crippen molar-refractivity contribution in [3.05, 3.63) is 94.5 Å². The summed E-state index contributed by atoms with van der Waals surface area (Å²) in [5, 5.41) is 0. The summed E-state index contributed by atoms with van der Waals surface area (Å²) in [6.45, 7) is 0.683. The Hall–Kier alpha value is -3.71. The molecule has 0 atom stereocenters. The Balaban J connectivity index is 1.54. The summed E-state index contributed by atoms with van der Waals surface area (Å²) in [6.07, 6.45) is -8.59. The van der Waals surface area contributed by atoms with Gasteiger partial charge in [-0.1, -0.05) is 24.3 Å². The number of alkyl halides is 6. The third-order valence-electron chi connectivity index (χ3n) is 6.74. The first-order valence-electron chi connectivity index (χ1n) is 12.1. The van der Waals surface area contributed by atoms with E-state index in [0.29, 0.717) is 36.3 Å². The van der Waals surface area contributed by atoms with Gasteiger partial charge in [-0.15, -0.1) is 0 Å². The summed E-state index contributed by atoms with van der Waals surface area (Å²) in [4.78, 5) is 18.3. The highest BCUT2D eigenvalue weighted by Crippen LogP contribution is 2.40. The third-order valence-corrected chi connectivity index (χ3v) is 8.65. The largest absolute Gasteiger partial charge is 0.416 e. The molecule has 0 radical (unpaired) electrons. The van der Waals surface area contributed by atoms with E-state index in [9.17, 15) is 39.6 Å². The molecule has 5 rings (SSSR count). The van der Waals surface area contributed by atoms with Gasteiger partial charge in [0.2, 0.25) is 10.0 Å². The fourth-order valence-corrected chi connectivity index (χ4v) is 6.22. The lowest BCUT2D eigenvalue weighted by molar-refractivity contribution is -0.143. The van der Waals surface area contributed by atoms with Crippen molar-refractivity contribution in [2.45, 2.75) is 36.6 Å². The molecule has 0 aromatic heterocycles. The maximum absolute atomic E-state index is 13.5. The highest BCUT2D eigenvalue weighted by molar-refractivity contribution is 7.89. The molecule has 3 aromatic carbocycles. The number of benzene rings is 3. The normalized spacial score (nSPS) is 17.4. The number of carbonyl (C=O) groups is 1. The quantitative estimate of drug-likeness (QED) is 0.349. The predicted molar refractivity (Wildman–Crippen MR) is 134 cm³/mol. The molecule has 0 aliphatic carbocycles. The molecule has 0 unspecified atom stereocenters. The number of nitrogens with zero attached hydrogens (tertiary/aromatic N) is 3. The van der Waals surface area contributed by atoms with Crippen LogP contribution in [-0.2, 0) is 28.9 Å². The van der Waals surface area contributed by atoms with Crippen LogP contribution in [0.4, 0.5) is 32.0 Å². The molecule has 210 valence electrons. The summed E-state index contributed by atoms with van der Waals surface area (Å²) in [6, 6.07) is 12.7. The molecule has 1 saturated heterocycles. The molecular weight excluding hydrogens is 560 g/mol. The van der Waals surface area contributed by atoms with E-state index in [-0.39, 0.29) is 28.9 Å². The molecule has 0 N–H and O–H groups in total. The zero-order valence-corrected chi connectivity index (χ0v) is 21.4. The van der Waals surface area contributed by atoms with Crippen LogP contribution in [0.25, 0.3) is 0 Å². The Morgan fingerprint density at radius 2 is 1.38 bits per heavy atom. The number of hydrogen-bond donors (Lipinski definition) is 0. The lowest BCUT2D eigenvalue weighted by Crippen LogP contribution is -2.28. The smallest absolute Gasteiger partial charge is 0.321 e. The van der Waals surface area contributed by atoms with Gasteiger partial charge in [-0.25, -0.2) is 8.42 Å². The molecule has 2 aliphatic rings. The molecule has 0 bridgehead atoms. The van der Waals surface area contributed by atoms with Crippen molar-refractivity contribution in [3.63, 3.8) is 0 Å². The molecule has 0 spiro atoms. The number of hydrogen-bond acceptors (Lipinski definition) is 3. The Morgan fingerprint density at radius 1 is 0.800 bits per heavy atom. The van der Waals surface area contributed by atoms with Gasteiger partial charge in [-0.05, 0) is 60.9 Å². The molecule has 1 fully saturated rings. The van der Waals surface area contributed by atoms with Crippen LogP contribution in [0.2, 0.25) is 0 Å². The van der Waals surface area contributed by atoms with Gasteiger partial charge in [0.05, 0.1) is 22.6 Å². The van der Waals surface area contributed by atoms with Gasteiger partial charge in [-0.2, -0.15) is 35.6 Å². The van der Waals surface area contributed by atoms with E-state index in [0.717, 1.165) is 17.7 Å². The second kappa shape index (κ2) is 10.0. The minimum atomic E-state index is -5.05. The SMILES string of the molecule is O=C(N=C1c2ccccc2CN1c1cc(C(F)(F)F)cc(C(F)(F)F)c1)c1ccc(S(=O)(=O)N2CCCC2)cc1. The zero-order valence-electron chi connectivity index (χ0n) is 20.6. The fraction of sp³-hybridized carbons (Fsp3) is 0.259. The first kappa shape index (κ1) is 27.8. The second-order valence-electron chi connectivity index (χ2n) is 9.38. The average molecular weight is 582 g/mol. The maximum atomic E-state index is 13.5. The zero-order chi connectivity index (χ0) is 28.9. The van der Waals surface area contributed by atoms with Crippen molar-refractivity contribution >= 4 is 27.5 Å². The standard InChI is InChI=1S/C27H21F6N3O3S/c28-26(29,30)19-13-20(27(31,32)33)15-21(14-19)36-16-18-5-1-2-6-23(18)24(36)34-25(37)17-7-9-22(10-8-17)40(38,39)35-11-3-4-12-35/h1-2,5-10,13-15H,3-4,11-12,16H2. The summed E-state index contributed by atoms with van der Waals surface area (Å²) >= 11 is 0. The first-order chi connectivity index (χ1) is 18.7. The number of fused-ring (bicyclic) bond motifs is 1. The van der Waals surface area contributed by atoms with Gasteiger partial charge < -0.3 is 4.90 Å². The number of sulfonamides is 1. The van der Waals surface area contributed by atoms with E-state index in [1.807, 2.05) is 0 Å². The molecule has 6 nitrogen and oxygen atoms in total. The van der Waals surface area contributed by atoms with Crippen LogP contribution >= 0.6 is 0 Å². The predicted octanol–water partition coefficient (Wildman–Crippen LogP) is 6.12. The highest BCUT2D eigenvalue weighted by Gasteiger charge is 2.39. The third kappa shape index (κ3) is 5.35. The van der Waals surface area contributed by atoms with Gasteiger partial charge in [0.25, 0.3) is 5.91 Å². The van der Waals surface area contributed by atoms with E-state index in [1.165, 1.54) is 28.6 Å². The van der Waals surface area contributed by atoms with Crippen molar-refractivity contribution in [2.75, 3.05) is 18.0 Å². The van der Waals surface area contributed by atoms with Gasteiger partial charge in [0, 0.05) is 29.9 Å². The van der Waals surface area contributed by atoms with Crippen LogP contribution in [0.15, 0.2) is 76.6 Å². The van der Waals surface area contributed by atoms with Gasteiger partial charge in [0.1, 0.15) is 5.84 Å². The van der Waals surface area contributed by atoms with E-state index >= 15 is 0 Å². The van der Waals surface area contributed by atoms with Crippen LogP contribution in [0.3, 0.4) is 0 Å². The molecular formula is C27H21F6N3O3S. The number of halogens is 6. The summed E-state index contributed by atoms with van der Waals surface area (Å²) in [7, 11) is -3.73. The minimum absolute atomic E-state index is 0.00257. The lowest BCUT2D eigenvalue weighted by atomic mass is 10.1. The van der Waals surface area contributed by atoms with E-state index in [1.54, 1.807) is 24.3 Å². The molecule has 1 amide bonds. The minimum Gasteiger partial charge on any atom is -0.321 e. The van der Waals surface area contributed by atoms with Crippen LogP contribution in [0.1, 0.15) is 45.5 Å². The van der Waals surface area contributed by atoms with Gasteiger partial charge in [0.15, 0.2) is 0 Å². The second-order valence-corrected chi connectivity index (χ2v) is 11.3. The van der Waals surface area contributed by atoms with Crippen molar-refractivity contribution < 1.29 is 39.6 Å². The van der Waals surface area contributed by atoms with Crippen molar-refractivity contribution in [1.29, 1.82) is 0 Å². The summed E-state index contributed by atoms with van der Waals surface area (Å²) in [5.41, 5.74) is -2.50. The number of carbonyl (C=O) groups excluding carboxylic acids is 1. The molecule has 0 saturated carbocycles. The molecule has 2 heterocycles. The van der Waals surface area contributed by atoms with Crippen LogP contribution < -0.4 is 4.90 Å². The van der Waals surface area contributed by atoms with E-state index in [2.05, 4.69) is 4.99 Å². The number of amides is 1. The van der Waals surface area contributed by atoms with Gasteiger partial charge in [-0.3, -0.25) is 4.79 Å². The number of rotatable bonds is 4. The lowest BCUT2D eigenvalue weighted by Gasteiger charge is -2.22. The molecule has 3 aromatic rings. The van der Waals surface area contributed by atoms with Crippen molar-refractivity contribution in [2.24, 2.45) is 4.99 Å². The highest BCUT2D eigenvalue weighted by atomic mass is 32.2. The topological polar surface area (TPSA) is 70.0 Å². The molecule has 40 heavy (non-hydrogen) atoms. The van der Waals surface area contributed by atoms with Crippen molar-refractivity contribution in [3.8, 4) is 0 Å². The van der Waals surface area contributed by atoms with Crippen LogP contribution in [0.5, 0.6) is 0 Å².